The molecule has 10 rings (SSSR count). The van der Waals surface area contributed by atoms with Gasteiger partial charge >= 0.3 is 0 Å². The van der Waals surface area contributed by atoms with E-state index < -0.39 is 0 Å². The number of halogens is 4. The molecule has 0 spiro atoms. The Balaban J connectivity index is 0.000000169. The summed E-state index contributed by atoms with van der Waals surface area (Å²) in [5, 5.41) is 22.3. The second kappa shape index (κ2) is 20.5. The summed E-state index contributed by atoms with van der Waals surface area (Å²) in [4.78, 5) is 28.0. The maximum absolute atomic E-state index is 14.4. The van der Waals surface area contributed by atoms with E-state index in [1.165, 1.54) is 18.5 Å². The number of fused-ring (bicyclic) bond motifs is 2. The van der Waals surface area contributed by atoms with Gasteiger partial charge in [0.05, 0.1) is 45.9 Å². The zero-order chi connectivity index (χ0) is 45.4. The second-order valence-corrected chi connectivity index (χ2v) is 16.7. The van der Waals surface area contributed by atoms with Crippen molar-refractivity contribution < 1.29 is 22.8 Å². The number of amides is 1. The van der Waals surface area contributed by atoms with E-state index in [-0.39, 0.29) is 17.5 Å². The average molecular weight is 1020 g/mol. The van der Waals surface area contributed by atoms with Crippen LogP contribution in [0, 0.1) is 11.6 Å². The molecule has 0 aliphatic carbocycles. The fourth-order valence-corrected chi connectivity index (χ4v) is 7.92. The van der Waals surface area contributed by atoms with E-state index in [0.717, 1.165) is 54.0 Å². The monoisotopic (exact) mass is 1020 g/mol. The van der Waals surface area contributed by atoms with E-state index >= 15 is 0 Å². The molecule has 5 aromatic heterocycles. The highest BCUT2D eigenvalue weighted by atomic mass is 79.9. The van der Waals surface area contributed by atoms with Crippen molar-refractivity contribution in [3.8, 4) is 33.9 Å². The third-order valence-corrected chi connectivity index (χ3v) is 11.8. The van der Waals surface area contributed by atoms with E-state index in [9.17, 15) is 13.6 Å². The van der Waals surface area contributed by atoms with E-state index in [2.05, 4.69) is 83.0 Å². The molecule has 1 amide bonds. The maximum Gasteiger partial charge on any atom is 0.251 e. The fourth-order valence-electron chi connectivity index (χ4n) is 7.22. The van der Waals surface area contributed by atoms with Crippen LogP contribution in [0.25, 0.3) is 45.2 Å². The van der Waals surface area contributed by atoms with Gasteiger partial charge in [0.1, 0.15) is 23.3 Å². The minimum Gasteiger partial charge on any atom is -0.379 e. The van der Waals surface area contributed by atoms with Crippen LogP contribution in [0.3, 0.4) is 0 Å². The van der Waals surface area contributed by atoms with Gasteiger partial charge in [0.25, 0.3) is 5.91 Å². The molecule has 0 unspecified atom stereocenters. The number of aromatic nitrogens is 8. The Labute approximate surface area is 393 Å². The van der Waals surface area contributed by atoms with Gasteiger partial charge in [0.15, 0.2) is 11.3 Å². The molecule has 1 saturated heterocycles. The number of hydrogen-bond acceptors (Lipinski definition) is 12. The largest absolute Gasteiger partial charge is 0.379 e. The molecule has 1 aliphatic rings. The van der Waals surface area contributed by atoms with Crippen molar-refractivity contribution in [3.05, 3.63) is 165 Å². The van der Waals surface area contributed by atoms with Gasteiger partial charge in [0.2, 0.25) is 12.2 Å². The number of ether oxygens (including phenoxy) is 1. The van der Waals surface area contributed by atoms with Gasteiger partial charge in [-0.3, -0.25) is 9.69 Å². The molecule has 0 bridgehead atoms. The minimum absolute atomic E-state index is 0.0884. The van der Waals surface area contributed by atoms with E-state index in [1.54, 1.807) is 70.0 Å². The summed E-state index contributed by atoms with van der Waals surface area (Å²) in [6.07, 6.45) is 4.62. The first kappa shape index (κ1) is 44.3. The summed E-state index contributed by atoms with van der Waals surface area (Å²) >= 11 is 6.93. The van der Waals surface area contributed by atoms with Crippen LogP contribution in [0.15, 0.2) is 141 Å². The van der Waals surface area contributed by atoms with E-state index in [4.69, 9.17) is 9.26 Å². The topological polar surface area (TPSA) is 165 Å². The lowest BCUT2D eigenvalue weighted by Crippen LogP contribution is -2.41. The summed E-state index contributed by atoms with van der Waals surface area (Å²) in [5.74, 6) is 1.17. The molecule has 4 aromatic carbocycles. The number of carbonyl (C=O) groups excluding carboxylic acids is 1. The summed E-state index contributed by atoms with van der Waals surface area (Å²) in [7, 11) is 0. The molecule has 334 valence electrons. The van der Waals surface area contributed by atoms with Gasteiger partial charge in [-0.15, -0.1) is 0 Å². The Bertz CT molecular complexity index is 3090. The zero-order valence-corrected chi connectivity index (χ0v) is 38.2. The van der Waals surface area contributed by atoms with E-state index in [1.807, 2.05) is 48.5 Å². The van der Waals surface area contributed by atoms with Gasteiger partial charge in [-0.05, 0) is 79.4 Å². The van der Waals surface area contributed by atoms with Crippen LogP contribution in [0.5, 0.6) is 0 Å². The molecule has 1 aliphatic heterocycles. The maximum atomic E-state index is 14.4. The molecule has 1 fully saturated rings. The minimum atomic E-state index is -0.338. The van der Waals surface area contributed by atoms with Gasteiger partial charge in [-0.25, -0.2) is 18.7 Å². The lowest BCUT2D eigenvalue weighted by Gasteiger charge is -2.26. The summed E-state index contributed by atoms with van der Waals surface area (Å²) in [6.45, 7) is 5.75. The highest BCUT2D eigenvalue weighted by Gasteiger charge is 2.17. The number of rotatable bonds is 13. The third kappa shape index (κ3) is 10.3. The fraction of sp³-hybridized carbons (Fsp3) is 0.170. The Morgan fingerprint density at radius 1 is 0.697 bits per heavy atom. The van der Waals surface area contributed by atoms with Crippen molar-refractivity contribution >= 4 is 60.7 Å². The number of nitrogens with one attached hydrogen (secondary N) is 3. The Hall–Kier alpha value is -6.93. The van der Waals surface area contributed by atoms with Crippen LogP contribution in [-0.2, 0) is 17.8 Å². The Kier molecular flexibility index (Phi) is 13.7. The summed E-state index contributed by atoms with van der Waals surface area (Å²) in [6, 6.07) is 32.0. The standard InChI is InChI=1S/C26H26BrFN6O2.C21H14BrFN6O/c27-21-17-31-34-24(15-23(32-25(21)34)20-3-1-2-4-22(20)28)30-16-18-5-7-19(8-6-18)26(35)29-9-10-33-11-13-36-14-12-33;22-16-11-26-29-19(9-18(27-21(16)29)15-3-1-2-4-17(15)23)24-10-13-5-7-14(8-6-13)20-25-12-30-28-20/h1-8,15,17,30H,9-14,16H2,(H,29,35);1-9,11-12,24H,10H2. The molecule has 0 saturated carbocycles. The first-order chi connectivity index (χ1) is 32.3. The smallest absolute Gasteiger partial charge is 0.251 e. The van der Waals surface area contributed by atoms with Crippen molar-refractivity contribution in [3.63, 3.8) is 0 Å². The molecule has 15 nitrogen and oxygen atoms in total. The number of hydrogen-bond donors (Lipinski definition) is 3. The second-order valence-electron chi connectivity index (χ2n) is 15.0. The normalized spacial score (nSPS) is 12.8. The SMILES string of the molecule is Fc1ccccc1-c1cc(NCc2ccc(-c3ncon3)cc2)n2ncc(Br)c2n1.O=C(NCCN1CCOCC1)c1ccc(CNc2cc(-c3ccccc3F)nc3c(Br)cnn23)cc1. The van der Waals surface area contributed by atoms with Crippen LogP contribution >= 0.6 is 31.9 Å². The number of anilines is 2. The predicted molar refractivity (Wildman–Crippen MR) is 253 cm³/mol. The molecular formula is C47H40Br2F2N12O3. The number of carbonyl (C=O) groups is 1. The number of benzene rings is 4. The van der Waals surface area contributed by atoms with Gasteiger partial charge < -0.3 is 25.2 Å². The van der Waals surface area contributed by atoms with Crippen LogP contribution in [-0.4, -0.2) is 89.5 Å². The van der Waals surface area contributed by atoms with Crippen LogP contribution in [0.4, 0.5) is 20.4 Å². The first-order valence-electron chi connectivity index (χ1n) is 20.9. The van der Waals surface area contributed by atoms with Gasteiger partial charge in [-0.2, -0.15) is 24.2 Å². The molecule has 19 heteroatoms. The summed E-state index contributed by atoms with van der Waals surface area (Å²) in [5.41, 5.74) is 6.59. The number of morpholine rings is 1. The van der Waals surface area contributed by atoms with Gasteiger partial charge in [0, 0.05) is 73.7 Å². The van der Waals surface area contributed by atoms with E-state index in [0.29, 0.717) is 80.9 Å². The van der Waals surface area contributed by atoms with Crippen LogP contribution < -0.4 is 16.0 Å². The number of nitrogens with zero attached hydrogens (tertiary/aromatic N) is 9. The summed E-state index contributed by atoms with van der Waals surface area (Å²) < 4.78 is 43.7. The Morgan fingerprint density at radius 3 is 1.74 bits per heavy atom. The van der Waals surface area contributed by atoms with Gasteiger partial charge in [-0.1, -0.05) is 65.8 Å². The highest BCUT2D eigenvalue weighted by molar-refractivity contribution is 9.11. The van der Waals surface area contributed by atoms with Crippen LogP contribution in [0.2, 0.25) is 0 Å². The van der Waals surface area contributed by atoms with Crippen molar-refractivity contribution in [2.75, 3.05) is 50.0 Å². The lowest BCUT2D eigenvalue weighted by atomic mass is 10.1. The zero-order valence-electron chi connectivity index (χ0n) is 35.0. The Morgan fingerprint density at radius 2 is 1.23 bits per heavy atom. The first-order valence-corrected chi connectivity index (χ1v) is 22.4. The molecule has 6 heterocycles. The molecule has 66 heavy (non-hydrogen) atoms. The lowest BCUT2D eigenvalue weighted by molar-refractivity contribution is 0.0383. The molecule has 3 N–H and O–H groups in total. The molecular weight excluding hydrogens is 978 g/mol. The van der Waals surface area contributed by atoms with Crippen molar-refractivity contribution in [1.29, 1.82) is 0 Å². The highest BCUT2D eigenvalue weighted by Crippen LogP contribution is 2.30. The predicted octanol–water partition coefficient (Wildman–Crippen LogP) is 8.93. The molecule has 9 aromatic rings. The molecule has 0 atom stereocenters. The van der Waals surface area contributed by atoms with Crippen molar-refractivity contribution in [2.24, 2.45) is 0 Å². The molecule has 0 radical (unpaired) electrons. The van der Waals surface area contributed by atoms with Crippen molar-refractivity contribution in [1.82, 2.24) is 49.6 Å². The average Bonchev–Trinajstić information content (AvgIpc) is 4.12. The quantitative estimate of drug-likeness (QED) is 0.101. The van der Waals surface area contributed by atoms with Crippen LogP contribution in [0.1, 0.15) is 21.5 Å². The third-order valence-electron chi connectivity index (χ3n) is 10.7. The van der Waals surface area contributed by atoms with Crippen molar-refractivity contribution in [2.45, 2.75) is 13.1 Å².